The normalized spacial score (nSPS) is 42.3. The quantitative estimate of drug-likeness (QED) is 0.288. The van der Waals surface area contributed by atoms with Crippen molar-refractivity contribution < 1.29 is 37.2 Å². The first kappa shape index (κ1) is 25.8. The van der Waals surface area contributed by atoms with Gasteiger partial charge >= 0.3 is 12.4 Å². The van der Waals surface area contributed by atoms with E-state index in [1.165, 1.54) is 5.57 Å². The van der Waals surface area contributed by atoms with Gasteiger partial charge in [-0.05, 0) is 105 Å². The predicted molar refractivity (Wildman–Crippen MR) is 120 cm³/mol. The van der Waals surface area contributed by atoms with Gasteiger partial charge in [0.25, 0.3) is 5.67 Å². The van der Waals surface area contributed by atoms with Crippen LogP contribution in [0.25, 0.3) is 0 Å². The van der Waals surface area contributed by atoms with Crippen LogP contribution in [0, 0.1) is 40.4 Å². The summed E-state index contributed by atoms with van der Waals surface area (Å²) in [7, 11) is 0. The average Bonchev–Trinajstić information content (AvgIpc) is 3.10. The number of hydrogen-bond acceptors (Lipinski definition) is 1. The summed E-state index contributed by atoms with van der Waals surface area (Å²) in [6.07, 6.45) is -6.83. The Labute approximate surface area is 205 Å². The summed E-state index contributed by atoms with van der Waals surface area (Å²) < 4.78 is 100. The first-order chi connectivity index (χ1) is 16.4. The van der Waals surface area contributed by atoms with Crippen LogP contribution in [0.2, 0.25) is 0 Å². The highest BCUT2D eigenvalue weighted by Gasteiger charge is 2.71. The fraction of sp³-hybridized carbons (Fsp3) is 0.926. The number of rotatable bonds is 5. The van der Waals surface area contributed by atoms with E-state index in [1.54, 1.807) is 0 Å². The number of fused-ring (bicyclic) bond motifs is 5. The second-order valence-electron chi connectivity index (χ2n) is 12.4. The molecule has 3 saturated carbocycles. The summed E-state index contributed by atoms with van der Waals surface area (Å²) in [6.45, 7) is 6.36. The fourth-order valence-electron chi connectivity index (χ4n) is 8.72. The van der Waals surface area contributed by atoms with Crippen molar-refractivity contribution in [2.75, 3.05) is 0 Å². The number of hydrogen-bond donors (Lipinski definition) is 1. The van der Waals surface area contributed by atoms with E-state index in [-0.39, 0.29) is 35.2 Å². The van der Waals surface area contributed by atoms with Crippen molar-refractivity contribution in [3.05, 3.63) is 11.6 Å². The maximum Gasteiger partial charge on any atom is 0.431 e. The van der Waals surface area contributed by atoms with Crippen LogP contribution in [0.15, 0.2) is 11.6 Å². The SMILES string of the molecule is [3H]C(C[C@@H](C)[C@H]1CC[C@H]2[C@@H]3CC=C4C[C@@H](O)CC[C@]4(C)[C@H]3CC[C@]12C)CC(F)(C(F)(F)F)C(F)(F)F. The number of aliphatic hydroxyl groups is 1. The van der Waals surface area contributed by atoms with Crippen LogP contribution in [0.4, 0.5) is 30.7 Å². The molecule has 0 aliphatic heterocycles. The molecule has 0 bridgehead atoms. The first-order valence-corrected chi connectivity index (χ1v) is 13.1. The Morgan fingerprint density at radius 1 is 1.00 bits per heavy atom. The van der Waals surface area contributed by atoms with Crippen molar-refractivity contribution in [2.45, 2.75) is 116 Å². The molecule has 0 radical (unpaired) electrons. The van der Waals surface area contributed by atoms with Gasteiger partial charge in [0.2, 0.25) is 0 Å². The minimum Gasteiger partial charge on any atom is -0.393 e. The van der Waals surface area contributed by atoms with E-state index in [1.807, 2.05) is 6.92 Å². The molecule has 0 aromatic carbocycles. The van der Waals surface area contributed by atoms with Crippen LogP contribution < -0.4 is 0 Å². The van der Waals surface area contributed by atoms with Crippen LogP contribution in [0.5, 0.6) is 0 Å². The lowest BCUT2D eigenvalue weighted by molar-refractivity contribution is -0.343. The molecule has 1 unspecified atom stereocenters. The predicted octanol–water partition coefficient (Wildman–Crippen LogP) is 8.57. The van der Waals surface area contributed by atoms with Crippen molar-refractivity contribution in [3.8, 4) is 0 Å². The van der Waals surface area contributed by atoms with Gasteiger partial charge in [-0.3, -0.25) is 0 Å². The Hall–Kier alpha value is -0.790. The highest BCUT2D eigenvalue weighted by atomic mass is 19.4. The Balaban J connectivity index is 1.47. The largest absolute Gasteiger partial charge is 0.431 e. The van der Waals surface area contributed by atoms with Gasteiger partial charge in [0.15, 0.2) is 0 Å². The summed E-state index contributed by atoms with van der Waals surface area (Å²) >= 11 is 0. The zero-order valence-corrected chi connectivity index (χ0v) is 20.8. The molecule has 3 fully saturated rings. The van der Waals surface area contributed by atoms with E-state index in [9.17, 15) is 35.8 Å². The minimum absolute atomic E-state index is 0.0824. The van der Waals surface area contributed by atoms with E-state index >= 15 is 0 Å². The molecule has 202 valence electrons. The minimum atomic E-state index is -6.10. The van der Waals surface area contributed by atoms with Crippen molar-refractivity contribution in [1.82, 2.24) is 0 Å². The van der Waals surface area contributed by atoms with Crippen LogP contribution in [0.3, 0.4) is 0 Å². The zero-order chi connectivity index (χ0) is 26.9. The molecule has 1 N–H and O–H groups in total. The molecular formula is C27H39F7O. The zero-order valence-electron chi connectivity index (χ0n) is 21.8. The molecule has 9 atom stereocenters. The summed E-state index contributed by atoms with van der Waals surface area (Å²) in [6, 6.07) is 0. The van der Waals surface area contributed by atoms with Gasteiger partial charge in [0.1, 0.15) is 0 Å². The van der Waals surface area contributed by atoms with Gasteiger partial charge in [0, 0.05) is 1.37 Å². The van der Waals surface area contributed by atoms with E-state index in [0.29, 0.717) is 17.8 Å². The molecule has 0 aromatic rings. The molecule has 0 aromatic heterocycles. The maximum absolute atomic E-state index is 14.2. The summed E-state index contributed by atoms with van der Waals surface area (Å²) in [4.78, 5) is 0. The van der Waals surface area contributed by atoms with Crippen molar-refractivity contribution in [3.63, 3.8) is 0 Å². The van der Waals surface area contributed by atoms with E-state index in [0.717, 1.165) is 51.4 Å². The van der Waals surface area contributed by atoms with Gasteiger partial charge in [-0.15, -0.1) is 0 Å². The molecule has 0 amide bonds. The maximum atomic E-state index is 14.2. The molecule has 0 spiro atoms. The molecule has 8 heteroatoms. The monoisotopic (exact) mass is 514 g/mol. The molecule has 4 rings (SSSR count). The number of alkyl halides is 7. The third kappa shape index (κ3) is 4.35. The summed E-state index contributed by atoms with van der Waals surface area (Å²) in [5.74, 6) is 1.24. The van der Waals surface area contributed by atoms with Crippen LogP contribution >= 0.6 is 0 Å². The molecule has 0 heterocycles. The number of allylic oxidation sites excluding steroid dienone is 1. The Bertz CT molecular complexity index is 840. The fourth-order valence-corrected chi connectivity index (χ4v) is 8.72. The summed E-state index contributed by atoms with van der Waals surface area (Å²) in [5, 5.41) is 10.2. The lowest BCUT2D eigenvalue weighted by atomic mass is 9.47. The highest BCUT2D eigenvalue weighted by Crippen LogP contribution is 2.67. The van der Waals surface area contributed by atoms with Crippen LogP contribution in [-0.4, -0.2) is 29.2 Å². The van der Waals surface area contributed by atoms with Gasteiger partial charge in [-0.25, -0.2) is 4.39 Å². The van der Waals surface area contributed by atoms with Crippen molar-refractivity contribution in [2.24, 2.45) is 40.4 Å². The molecular weight excluding hydrogens is 473 g/mol. The van der Waals surface area contributed by atoms with E-state index in [2.05, 4.69) is 19.9 Å². The summed E-state index contributed by atoms with van der Waals surface area (Å²) in [5.41, 5.74) is -3.99. The third-order valence-electron chi connectivity index (χ3n) is 10.7. The Morgan fingerprint density at radius 3 is 2.29 bits per heavy atom. The number of aliphatic hydroxyl groups excluding tert-OH is 1. The van der Waals surface area contributed by atoms with Crippen molar-refractivity contribution in [1.29, 1.82) is 0 Å². The van der Waals surface area contributed by atoms with Gasteiger partial charge < -0.3 is 5.11 Å². The van der Waals surface area contributed by atoms with E-state index < -0.39 is 30.8 Å². The molecule has 4 aliphatic carbocycles. The number of halogens is 7. The van der Waals surface area contributed by atoms with Crippen LogP contribution in [-0.2, 0) is 0 Å². The molecule has 0 saturated heterocycles. The van der Waals surface area contributed by atoms with E-state index in [4.69, 9.17) is 1.37 Å². The Morgan fingerprint density at radius 2 is 1.66 bits per heavy atom. The standard InChI is InChI=1S/C27H39F7O/c1-16(5-4-12-25(28,26(29,30)31)27(32,33)34)20-8-9-21-19-7-6-17-15-18(35)10-13-23(17,2)22(19)11-14-24(20,21)3/h6,16,18-22,35H,4-5,7-15H2,1-3H3/t16-,18+,19+,20-,21+,22+,23+,24-/m1/s1/i4T/t4?,16-,18+,19+,20-,21+,22+,23+,24-. The first-order valence-electron chi connectivity index (χ1n) is 13.6. The van der Waals surface area contributed by atoms with Crippen molar-refractivity contribution >= 4 is 0 Å². The topological polar surface area (TPSA) is 20.2 Å². The smallest absolute Gasteiger partial charge is 0.393 e. The Kier molecular flexibility index (Phi) is 6.57. The second-order valence-corrected chi connectivity index (χ2v) is 12.4. The highest BCUT2D eigenvalue weighted by molar-refractivity contribution is 5.25. The van der Waals surface area contributed by atoms with Gasteiger partial charge in [-0.1, -0.05) is 38.8 Å². The lowest BCUT2D eigenvalue weighted by Gasteiger charge is -2.58. The molecule has 1 nitrogen and oxygen atoms in total. The average molecular weight is 515 g/mol. The van der Waals surface area contributed by atoms with Gasteiger partial charge in [0.05, 0.1) is 6.10 Å². The second kappa shape index (κ2) is 8.90. The molecule has 4 aliphatic rings. The van der Waals surface area contributed by atoms with Crippen LogP contribution in [0.1, 0.15) is 92.7 Å². The lowest BCUT2D eigenvalue weighted by Crippen LogP contribution is -2.53. The third-order valence-corrected chi connectivity index (χ3v) is 10.7. The van der Waals surface area contributed by atoms with Gasteiger partial charge in [-0.2, -0.15) is 26.3 Å². The molecule has 35 heavy (non-hydrogen) atoms.